The van der Waals surface area contributed by atoms with Crippen LogP contribution < -0.4 is 16.2 Å². The molecule has 1 aromatic carbocycles. The number of nitrogens with two attached hydrogens (primary N) is 1. The lowest BCUT2D eigenvalue weighted by Gasteiger charge is -2.45. The van der Waals surface area contributed by atoms with Gasteiger partial charge in [-0.25, -0.2) is 4.79 Å². The minimum atomic E-state index is -1.87. The highest BCUT2D eigenvalue weighted by atomic mass is 16.6. The highest BCUT2D eigenvalue weighted by Gasteiger charge is 2.69. The smallest absolute Gasteiger partial charge is 0.352 e. The van der Waals surface area contributed by atoms with Crippen molar-refractivity contribution in [1.29, 1.82) is 0 Å². The fourth-order valence-electron chi connectivity index (χ4n) is 3.61. The van der Waals surface area contributed by atoms with Gasteiger partial charge in [0.05, 0.1) is 13.7 Å². The standard InChI is InChI=1S/C18H19N3O6/c1-26-11-4-2-3-10(7-11)12-8-21(16(24)20-15(12)19)18-6-5-17(18,25)14(23)13(9-22)27-18/h2-8,13-14,22-23,25H,9H2,1H3,(H2,19,20,24)/t13-,14-,17-,18-/m1/s1. The summed E-state index contributed by atoms with van der Waals surface area (Å²) >= 11 is 0. The Kier molecular flexibility index (Phi) is 3.86. The van der Waals surface area contributed by atoms with Gasteiger partial charge in [-0.3, -0.25) is 4.57 Å². The molecule has 0 unspecified atom stereocenters. The van der Waals surface area contributed by atoms with Crippen LogP contribution >= 0.6 is 0 Å². The second-order valence-electron chi connectivity index (χ2n) is 6.56. The predicted octanol–water partition coefficient (Wildman–Crippen LogP) is -0.793. The van der Waals surface area contributed by atoms with Crippen molar-refractivity contribution in [3.05, 3.63) is 53.1 Å². The number of nitrogens with zero attached hydrogens (tertiary/aromatic N) is 2. The lowest BCUT2D eigenvalue weighted by molar-refractivity contribution is -0.163. The second-order valence-corrected chi connectivity index (χ2v) is 6.56. The summed E-state index contributed by atoms with van der Waals surface area (Å²) in [6.07, 6.45) is 1.73. The Morgan fingerprint density at radius 2 is 2.19 bits per heavy atom. The molecule has 1 aromatic heterocycles. The van der Waals surface area contributed by atoms with Gasteiger partial charge >= 0.3 is 5.69 Å². The maximum Gasteiger partial charge on any atom is 0.352 e. The van der Waals surface area contributed by atoms with Crippen molar-refractivity contribution in [1.82, 2.24) is 9.55 Å². The number of anilines is 1. The summed E-state index contributed by atoms with van der Waals surface area (Å²) in [5.41, 5.74) is 2.72. The number of fused-ring (bicyclic) bond motifs is 1. The van der Waals surface area contributed by atoms with E-state index in [-0.39, 0.29) is 5.82 Å². The molecule has 0 bridgehead atoms. The lowest BCUT2D eigenvalue weighted by Crippen LogP contribution is -2.63. The van der Waals surface area contributed by atoms with Gasteiger partial charge < -0.3 is 30.5 Å². The molecule has 2 aromatic rings. The third kappa shape index (κ3) is 2.26. The van der Waals surface area contributed by atoms with Gasteiger partial charge in [0, 0.05) is 11.8 Å². The zero-order valence-electron chi connectivity index (χ0n) is 14.4. The van der Waals surface area contributed by atoms with E-state index in [0.29, 0.717) is 16.9 Å². The molecule has 9 nitrogen and oxygen atoms in total. The molecule has 9 heteroatoms. The van der Waals surface area contributed by atoms with Gasteiger partial charge in [0.15, 0.2) is 5.60 Å². The number of aliphatic hydroxyl groups excluding tert-OH is 2. The van der Waals surface area contributed by atoms with E-state index in [2.05, 4.69) is 4.98 Å². The van der Waals surface area contributed by atoms with Gasteiger partial charge in [0.25, 0.3) is 0 Å². The van der Waals surface area contributed by atoms with Crippen molar-refractivity contribution < 1.29 is 24.8 Å². The van der Waals surface area contributed by atoms with Crippen LogP contribution in [0.1, 0.15) is 0 Å². The van der Waals surface area contributed by atoms with Crippen LogP contribution in [-0.4, -0.2) is 56.4 Å². The summed E-state index contributed by atoms with van der Waals surface area (Å²) in [6.45, 7) is -0.521. The normalized spacial score (nSPS) is 31.4. The molecule has 1 saturated heterocycles. The van der Waals surface area contributed by atoms with E-state index in [0.717, 1.165) is 4.57 Å². The molecule has 1 aliphatic carbocycles. The largest absolute Gasteiger partial charge is 0.497 e. The molecular formula is C18H19N3O6. The Morgan fingerprint density at radius 1 is 1.41 bits per heavy atom. The molecule has 4 atom stereocenters. The molecule has 27 heavy (non-hydrogen) atoms. The molecule has 2 aliphatic rings. The molecule has 0 saturated carbocycles. The molecule has 0 spiro atoms. The highest BCUT2D eigenvalue weighted by molar-refractivity contribution is 5.73. The van der Waals surface area contributed by atoms with Crippen molar-refractivity contribution in [3.8, 4) is 16.9 Å². The first-order valence-electron chi connectivity index (χ1n) is 8.30. The van der Waals surface area contributed by atoms with Crippen molar-refractivity contribution in [3.63, 3.8) is 0 Å². The minimum absolute atomic E-state index is 0.00463. The number of nitrogen functional groups attached to an aromatic ring is 1. The molecule has 4 rings (SSSR count). The number of benzene rings is 1. The van der Waals surface area contributed by atoms with Crippen LogP contribution in [0.25, 0.3) is 11.1 Å². The summed E-state index contributed by atoms with van der Waals surface area (Å²) in [6, 6.07) is 7.02. The molecular weight excluding hydrogens is 354 g/mol. The van der Waals surface area contributed by atoms with Gasteiger partial charge in [-0.15, -0.1) is 0 Å². The second kappa shape index (κ2) is 5.89. The van der Waals surface area contributed by atoms with Crippen LogP contribution in [0.5, 0.6) is 5.75 Å². The van der Waals surface area contributed by atoms with Crippen molar-refractivity contribution in [2.24, 2.45) is 0 Å². The molecule has 1 fully saturated rings. The molecule has 142 valence electrons. The maximum absolute atomic E-state index is 12.5. The quantitative estimate of drug-likeness (QED) is 0.511. The summed E-state index contributed by atoms with van der Waals surface area (Å²) in [5.74, 6) is 0.598. The fraction of sp³-hybridized carbons (Fsp3) is 0.333. The van der Waals surface area contributed by atoms with E-state index in [1.54, 1.807) is 24.3 Å². The summed E-state index contributed by atoms with van der Waals surface area (Å²) < 4.78 is 12.0. The average molecular weight is 373 g/mol. The van der Waals surface area contributed by atoms with Crippen LogP contribution in [0.2, 0.25) is 0 Å². The predicted molar refractivity (Wildman–Crippen MR) is 94.9 cm³/mol. The van der Waals surface area contributed by atoms with Crippen LogP contribution in [0, 0.1) is 0 Å². The van der Waals surface area contributed by atoms with Crippen LogP contribution in [0.3, 0.4) is 0 Å². The zero-order valence-corrected chi connectivity index (χ0v) is 14.4. The number of aliphatic hydroxyl groups is 3. The summed E-state index contributed by atoms with van der Waals surface area (Å²) in [4.78, 5) is 16.4. The Labute approximate surface area is 153 Å². The van der Waals surface area contributed by atoms with E-state index in [1.165, 1.54) is 25.5 Å². The third-order valence-corrected chi connectivity index (χ3v) is 5.15. The van der Waals surface area contributed by atoms with Crippen molar-refractivity contribution in [2.45, 2.75) is 23.5 Å². The van der Waals surface area contributed by atoms with E-state index in [4.69, 9.17) is 15.2 Å². The number of ether oxygens (including phenoxy) is 2. The fourth-order valence-corrected chi connectivity index (χ4v) is 3.61. The Balaban J connectivity index is 1.88. The Hall–Kier alpha value is -2.72. The monoisotopic (exact) mass is 373 g/mol. The SMILES string of the molecule is COc1cccc(-c2cn([C@@]34C=C[C@@]3(O)[C@H](O)[C@@H](CO)O4)c(=O)nc2N)c1. The minimum Gasteiger partial charge on any atom is -0.497 e. The van der Waals surface area contributed by atoms with Crippen LogP contribution in [-0.2, 0) is 10.5 Å². The van der Waals surface area contributed by atoms with Crippen LogP contribution in [0.15, 0.2) is 47.4 Å². The average Bonchev–Trinajstić information content (AvgIpc) is 2.81. The van der Waals surface area contributed by atoms with E-state index in [1.807, 2.05) is 0 Å². The number of hydrogen-bond acceptors (Lipinski definition) is 8. The highest BCUT2D eigenvalue weighted by Crippen LogP contribution is 2.51. The number of aromatic nitrogens is 2. The van der Waals surface area contributed by atoms with Gasteiger partial charge in [-0.2, -0.15) is 4.98 Å². The lowest BCUT2D eigenvalue weighted by atomic mass is 9.76. The first-order valence-corrected chi connectivity index (χ1v) is 8.30. The first-order chi connectivity index (χ1) is 12.9. The third-order valence-electron chi connectivity index (χ3n) is 5.15. The number of rotatable bonds is 4. The molecule has 0 amide bonds. The Morgan fingerprint density at radius 3 is 2.81 bits per heavy atom. The van der Waals surface area contributed by atoms with Crippen LogP contribution in [0.4, 0.5) is 5.82 Å². The number of methoxy groups -OCH3 is 1. The summed E-state index contributed by atoms with van der Waals surface area (Å²) in [7, 11) is 1.53. The first kappa shape index (κ1) is 17.7. The number of hydrogen-bond donors (Lipinski definition) is 4. The van der Waals surface area contributed by atoms with Gasteiger partial charge in [0.2, 0.25) is 5.72 Å². The van der Waals surface area contributed by atoms with E-state index < -0.39 is 35.8 Å². The van der Waals surface area contributed by atoms with Gasteiger partial charge in [0.1, 0.15) is 23.8 Å². The Bertz CT molecular complexity index is 989. The van der Waals surface area contributed by atoms with E-state index >= 15 is 0 Å². The summed E-state index contributed by atoms with van der Waals surface area (Å²) in [5, 5.41) is 30.6. The zero-order chi connectivity index (χ0) is 19.4. The van der Waals surface area contributed by atoms with Gasteiger partial charge in [-0.05, 0) is 29.8 Å². The topological polar surface area (TPSA) is 140 Å². The molecule has 0 radical (unpaired) electrons. The molecule has 2 heterocycles. The maximum atomic E-state index is 12.5. The molecule has 1 aliphatic heterocycles. The van der Waals surface area contributed by atoms with Crippen molar-refractivity contribution in [2.75, 3.05) is 19.5 Å². The van der Waals surface area contributed by atoms with E-state index in [9.17, 15) is 20.1 Å². The molecule has 5 N–H and O–H groups in total. The van der Waals surface area contributed by atoms with Crippen molar-refractivity contribution >= 4 is 5.82 Å². The van der Waals surface area contributed by atoms with Gasteiger partial charge in [-0.1, -0.05) is 12.1 Å².